The molecule has 16 heavy (non-hydrogen) atoms. The molecule has 2 saturated carbocycles. The van der Waals surface area contributed by atoms with Crippen LogP contribution in [-0.4, -0.2) is 14.8 Å². The van der Waals surface area contributed by atoms with Gasteiger partial charge in [0.25, 0.3) is 0 Å². The topological polar surface area (TPSA) is 30.7 Å². The van der Waals surface area contributed by atoms with Crippen LogP contribution in [0.25, 0.3) is 0 Å². The molecule has 2 aliphatic carbocycles. The number of nitrogens with zero attached hydrogens (tertiary/aromatic N) is 3. The Labute approximate surface area is 101 Å². The van der Waals surface area contributed by atoms with Gasteiger partial charge in [0.15, 0.2) is 0 Å². The van der Waals surface area contributed by atoms with Crippen LogP contribution in [0.5, 0.6) is 0 Å². The fraction of sp³-hybridized carbons (Fsp3) is 0.833. The van der Waals surface area contributed by atoms with Crippen molar-refractivity contribution in [2.45, 2.75) is 52.0 Å². The summed E-state index contributed by atoms with van der Waals surface area (Å²) >= 11 is 6.14. The van der Waals surface area contributed by atoms with Crippen LogP contribution in [-0.2, 0) is 6.54 Å². The van der Waals surface area contributed by atoms with Crippen LogP contribution in [0.3, 0.4) is 0 Å². The molecule has 0 spiro atoms. The molecule has 0 saturated heterocycles. The predicted molar refractivity (Wildman–Crippen MR) is 63.5 cm³/mol. The summed E-state index contributed by atoms with van der Waals surface area (Å²) < 4.78 is 2.16. The van der Waals surface area contributed by atoms with Gasteiger partial charge in [0.05, 0.1) is 0 Å². The Kier molecular flexibility index (Phi) is 2.29. The van der Waals surface area contributed by atoms with Crippen LogP contribution in [0.1, 0.15) is 51.3 Å². The van der Waals surface area contributed by atoms with Crippen LogP contribution in [0.15, 0.2) is 0 Å². The van der Waals surface area contributed by atoms with Crippen molar-refractivity contribution in [1.82, 2.24) is 14.8 Å². The van der Waals surface area contributed by atoms with Crippen LogP contribution in [0, 0.1) is 11.3 Å². The summed E-state index contributed by atoms with van der Waals surface area (Å²) in [5.41, 5.74) is 0.468. The molecule has 3 nitrogen and oxygen atoms in total. The Morgan fingerprint density at radius 3 is 2.56 bits per heavy atom. The highest BCUT2D eigenvalue weighted by Gasteiger charge is 2.46. The Hall–Kier alpha value is -0.570. The van der Waals surface area contributed by atoms with E-state index in [4.69, 9.17) is 11.6 Å². The third kappa shape index (κ3) is 1.65. The van der Waals surface area contributed by atoms with E-state index in [2.05, 4.69) is 28.6 Å². The van der Waals surface area contributed by atoms with Crippen LogP contribution in [0.4, 0.5) is 0 Å². The van der Waals surface area contributed by atoms with Gasteiger partial charge in [-0.25, -0.2) is 0 Å². The second kappa shape index (κ2) is 3.46. The fourth-order valence-electron chi connectivity index (χ4n) is 2.48. The molecule has 0 atom stereocenters. The lowest BCUT2D eigenvalue weighted by Crippen LogP contribution is -2.19. The first-order chi connectivity index (χ1) is 7.62. The summed E-state index contributed by atoms with van der Waals surface area (Å²) in [6.07, 6.45) is 5.15. The molecule has 0 radical (unpaired) electrons. The maximum absolute atomic E-state index is 6.14. The number of hydrogen-bond acceptors (Lipinski definition) is 2. The van der Waals surface area contributed by atoms with E-state index in [0.29, 0.717) is 16.6 Å². The molecule has 0 N–H and O–H groups in total. The standard InChI is InChI=1S/C12H18ClN3/c1-8(2)12(5-6-12)7-16-10(9-3-4-9)14-15-11(16)13/h8-9H,3-7H2,1-2H3. The first-order valence-electron chi connectivity index (χ1n) is 6.21. The Balaban J connectivity index is 1.86. The first kappa shape index (κ1) is 10.6. The molecule has 0 amide bonds. The summed E-state index contributed by atoms with van der Waals surface area (Å²) in [6, 6.07) is 0. The maximum Gasteiger partial charge on any atom is 0.225 e. The van der Waals surface area contributed by atoms with Gasteiger partial charge in [-0.15, -0.1) is 10.2 Å². The minimum absolute atomic E-state index is 0.468. The average Bonchev–Trinajstić information content (AvgIpc) is 3.11. The third-order valence-corrected chi connectivity index (χ3v) is 4.55. The number of hydrogen-bond donors (Lipinski definition) is 0. The van der Waals surface area contributed by atoms with Gasteiger partial charge in [0.1, 0.15) is 5.82 Å². The lowest BCUT2D eigenvalue weighted by Gasteiger charge is -2.21. The van der Waals surface area contributed by atoms with E-state index >= 15 is 0 Å². The van der Waals surface area contributed by atoms with Crippen molar-refractivity contribution in [2.75, 3.05) is 0 Å². The molecule has 1 aromatic heterocycles. The quantitative estimate of drug-likeness (QED) is 0.808. The van der Waals surface area contributed by atoms with Gasteiger partial charge in [-0.3, -0.25) is 0 Å². The molecule has 0 bridgehead atoms. The zero-order chi connectivity index (χ0) is 11.3. The van der Waals surface area contributed by atoms with E-state index in [1.165, 1.54) is 25.7 Å². The summed E-state index contributed by atoms with van der Waals surface area (Å²) in [6.45, 7) is 5.63. The molecule has 3 rings (SSSR count). The lowest BCUT2D eigenvalue weighted by atomic mass is 9.92. The van der Waals surface area contributed by atoms with E-state index < -0.39 is 0 Å². The minimum atomic E-state index is 0.468. The zero-order valence-electron chi connectivity index (χ0n) is 9.91. The van der Waals surface area contributed by atoms with Crippen LogP contribution >= 0.6 is 11.6 Å². The molecule has 0 aromatic carbocycles. The molecule has 88 valence electrons. The summed E-state index contributed by atoms with van der Waals surface area (Å²) in [5, 5.41) is 8.84. The Morgan fingerprint density at radius 2 is 2.06 bits per heavy atom. The van der Waals surface area contributed by atoms with Crippen molar-refractivity contribution in [1.29, 1.82) is 0 Å². The highest BCUT2D eigenvalue weighted by molar-refractivity contribution is 6.28. The van der Waals surface area contributed by atoms with Crippen molar-refractivity contribution in [3.63, 3.8) is 0 Å². The van der Waals surface area contributed by atoms with Gasteiger partial charge in [0.2, 0.25) is 5.28 Å². The van der Waals surface area contributed by atoms with E-state index in [0.717, 1.165) is 18.3 Å². The van der Waals surface area contributed by atoms with Gasteiger partial charge in [-0.1, -0.05) is 13.8 Å². The van der Waals surface area contributed by atoms with Crippen LogP contribution in [0.2, 0.25) is 5.28 Å². The summed E-state index contributed by atoms with van der Waals surface area (Å²) in [5.74, 6) is 2.47. The van der Waals surface area contributed by atoms with Crippen molar-refractivity contribution >= 4 is 11.6 Å². The molecule has 1 aromatic rings. The number of aromatic nitrogens is 3. The summed E-state index contributed by atoms with van der Waals surface area (Å²) in [7, 11) is 0. The number of rotatable bonds is 4. The molecule has 2 fully saturated rings. The van der Waals surface area contributed by atoms with Crippen molar-refractivity contribution in [2.24, 2.45) is 11.3 Å². The van der Waals surface area contributed by atoms with Gasteiger partial charge in [-0.05, 0) is 48.6 Å². The molecule has 4 heteroatoms. The molecular formula is C12H18ClN3. The van der Waals surface area contributed by atoms with Crippen molar-refractivity contribution in [3.05, 3.63) is 11.1 Å². The van der Waals surface area contributed by atoms with E-state index in [1.54, 1.807) is 0 Å². The molecule has 1 heterocycles. The monoisotopic (exact) mass is 239 g/mol. The van der Waals surface area contributed by atoms with Gasteiger partial charge in [0, 0.05) is 12.5 Å². The SMILES string of the molecule is CC(C)C1(Cn2c(Cl)nnc2C2CC2)CC1. The number of halogens is 1. The Bertz CT molecular complexity index is 402. The average molecular weight is 240 g/mol. The molecule has 2 aliphatic rings. The van der Waals surface area contributed by atoms with Crippen molar-refractivity contribution < 1.29 is 0 Å². The first-order valence-corrected chi connectivity index (χ1v) is 6.59. The molecule has 0 aliphatic heterocycles. The maximum atomic E-state index is 6.14. The summed E-state index contributed by atoms with van der Waals surface area (Å²) in [4.78, 5) is 0. The second-order valence-corrected chi connectivity index (χ2v) is 6.04. The minimum Gasteiger partial charge on any atom is -0.301 e. The van der Waals surface area contributed by atoms with Gasteiger partial charge >= 0.3 is 0 Å². The normalized spacial score (nSPS) is 22.8. The Morgan fingerprint density at radius 1 is 1.38 bits per heavy atom. The van der Waals surface area contributed by atoms with E-state index in [-0.39, 0.29) is 0 Å². The van der Waals surface area contributed by atoms with Gasteiger partial charge in [-0.2, -0.15) is 0 Å². The highest BCUT2D eigenvalue weighted by atomic mass is 35.5. The lowest BCUT2D eigenvalue weighted by molar-refractivity contribution is 0.305. The molecular weight excluding hydrogens is 222 g/mol. The van der Waals surface area contributed by atoms with Crippen LogP contribution < -0.4 is 0 Å². The smallest absolute Gasteiger partial charge is 0.225 e. The van der Waals surface area contributed by atoms with E-state index in [1.807, 2.05) is 0 Å². The van der Waals surface area contributed by atoms with Crippen molar-refractivity contribution in [3.8, 4) is 0 Å². The predicted octanol–water partition coefficient (Wildman–Crippen LogP) is 3.25. The third-order valence-electron chi connectivity index (χ3n) is 4.27. The van der Waals surface area contributed by atoms with E-state index in [9.17, 15) is 0 Å². The zero-order valence-corrected chi connectivity index (χ0v) is 10.7. The largest absolute Gasteiger partial charge is 0.301 e. The molecule has 0 unspecified atom stereocenters. The van der Waals surface area contributed by atoms with Gasteiger partial charge < -0.3 is 4.57 Å². The fourth-order valence-corrected chi connectivity index (χ4v) is 2.66. The highest BCUT2D eigenvalue weighted by Crippen LogP contribution is 2.54. The second-order valence-electron chi connectivity index (χ2n) is 5.70.